The van der Waals surface area contributed by atoms with Gasteiger partial charge in [0.05, 0.1) is 21.5 Å². The Morgan fingerprint density at radius 1 is 0.667 bits per heavy atom. The summed E-state index contributed by atoms with van der Waals surface area (Å²) in [6.45, 7) is 3.95. The summed E-state index contributed by atoms with van der Waals surface area (Å²) < 4.78 is 33.2. The van der Waals surface area contributed by atoms with Crippen LogP contribution in [0.5, 0.6) is 0 Å². The van der Waals surface area contributed by atoms with E-state index in [-0.39, 0.29) is 42.4 Å². The summed E-state index contributed by atoms with van der Waals surface area (Å²) in [5.74, 6) is 0. The van der Waals surface area contributed by atoms with Crippen LogP contribution in [0.4, 0.5) is 0 Å². The van der Waals surface area contributed by atoms with E-state index in [9.17, 15) is 18.1 Å². The SMILES string of the molecule is CCCCCCCCCCCCCCCCCCCC(O)CC(CC)S(=O)(=O)[O-].[Na+]. The van der Waals surface area contributed by atoms with Gasteiger partial charge in [0.1, 0.15) is 0 Å². The summed E-state index contributed by atoms with van der Waals surface area (Å²) in [6, 6.07) is 0. The third-order valence-electron chi connectivity index (χ3n) is 6.04. The quantitative estimate of drug-likeness (QED) is 0.151. The number of hydrogen-bond donors (Lipinski definition) is 1. The second kappa shape index (κ2) is 23.0. The summed E-state index contributed by atoms with van der Waals surface area (Å²) in [6.07, 6.45) is 22.7. The molecule has 0 aromatic heterocycles. The first-order valence-electron chi connectivity index (χ1n) is 12.5. The van der Waals surface area contributed by atoms with Crippen molar-refractivity contribution in [3.8, 4) is 0 Å². The van der Waals surface area contributed by atoms with Crippen molar-refractivity contribution in [3.05, 3.63) is 0 Å². The number of unbranched alkanes of at least 4 members (excludes halogenated alkanes) is 16. The largest absolute Gasteiger partial charge is 1.00 e. The van der Waals surface area contributed by atoms with Gasteiger partial charge >= 0.3 is 29.6 Å². The molecule has 1 N–H and O–H groups in total. The molecule has 0 heterocycles. The normalized spacial score (nSPS) is 13.7. The van der Waals surface area contributed by atoms with Crippen LogP contribution < -0.4 is 29.6 Å². The molecule has 30 heavy (non-hydrogen) atoms. The van der Waals surface area contributed by atoms with E-state index in [1.54, 1.807) is 6.92 Å². The second-order valence-electron chi connectivity index (χ2n) is 8.86. The molecule has 0 saturated heterocycles. The van der Waals surface area contributed by atoms with Crippen molar-refractivity contribution in [2.75, 3.05) is 0 Å². The minimum Gasteiger partial charge on any atom is -0.748 e. The van der Waals surface area contributed by atoms with Crippen LogP contribution in [0.25, 0.3) is 0 Å². The zero-order chi connectivity index (χ0) is 21.8. The van der Waals surface area contributed by atoms with Gasteiger partial charge in [0.15, 0.2) is 0 Å². The molecule has 2 unspecified atom stereocenters. The van der Waals surface area contributed by atoms with Gasteiger partial charge in [-0.1, -0.05) is 123 Å². The Morgan fingerprint density at radius 3 is 1.30 bits per heavy atom. The Balaban J connectivity index is 0. The molecule has 0 spiro atoms. The Morgan fingerprint density at radius 2 is 1.00 bits per heavy atom. The number of rotatable bonds is 22. The Labute approximate surface area is 210 Å². The molecule has 0 saturated carbocycles. The first-order chi connectivity index (χ1) is 13.9. The first kappa shape index (κ1) is 33.0. The average molecular weight is 457 g/mol. The summed E-state index contributed by atoms with van der Waals surface area (Å²) in [5.41, 5.74) is 0. The number of aliphatic hydroxyl groups excluding tert-OH is 1. The van der Waals surface area contributed by atoms with E-state index in [1.165, 1.54) is 96.3 Å². The minimum absolute atomic E-state index is 0. The van der Waals surface area contributed by atoms with Gasteiger partial charge in [0.2, 0.25) is 0 Å². The Kier molecular flexibility index (Phi) is 25.4. The molecular formula is C24H49NaO4S. The van der Waals surface area contributed by atoms with Crippen LogP contribution in [0.3, 0.4) is 0 Å². The standard InChI is InChI=1S/C24H50O4S.Na/c1-3-5-6-7-8-9-10-11-12-13-14-15-16-17-18-19-20-21-23(25)22-24(4-2)29(26,27)28;/h23-25H,3-22H2,1-2H3,(H,26,27,28);/q;+1/p-1. The van der Waals surface area contributed by atoms with Gasteiger partial charge in [-0.15, -0.1) is 0 Å². The van der Waals surface area contributed by atoms with E-state index < -0.39 is 21.5 Å². The third kappa shape index (κ3) is 22.1. The van der Waals surface area contributed by atoms with Gasteiger partial charge < -0.3 is 9.66 Å². The summed E-state index contributed by atoms with van der Waals surface area (Å²) >= 11 is 0. The molecule has 0 bridgehead atoms. The summed E-state index contributed by atoms with van der Waals surface area (Å²) in [5, 5.41) is 8.99. The third-order valence-corrected chi connectivity index (χ3v) is 7.38. The summed E-state index contributed by atoms with van der Waals surface area (Å²) in [7, 11) is -4.28. The van der Waals surface area contributed by atoms with E-state index in [4.69, 9.17) is 0 Å². The molecule has 176 valence electrons. The zero-order valence-electron chi connectivity index (χ0n) is 20.4. The van der Waals surface area contributed by atoms with Crippen LogP contribution in [-0.4, -0.2) is 29.4 Å². The fraction of sp³-hybridized carbons (Fsp3) is 1.00. The molecule has 0 aromatic carbocycles. The molecule has 0 aliphatic rings. The second-order valence-corrected chi connectivity index (χ2v) is 10.5. The average Bonchev–Trinajstić information content (AvgIpc) is 2.67. The van der Waals surface area contributed by atoms with Crippen molar-refractivity contribution in [1.29, 1.82) is 0 Å². The maximum Gasteiger partial charge on any atom is 1.00 e. The van der Waals surface area contributed by atoms with Crippen molar-refractivity contribution in [2.45, 2.75) is 154 Å². The number of hydrogen-bond acceptors (Lipinski definition) is 4. The van der Waals surface area contributed by atoms with Gasteiger partial charge in [0.25, 0.3) is 0 Å². The van der Waals surface area contributed by atoms with Crippen molar-refractivity contribution >= 4 is 10.1 Å². The molecule has 0 aromatic rings. The van der Waals surface area contributed by atoms with E-state index in [0.29, 0.717) is 6.42 Å². The van der Waals surface area contributed by atoms with Crippen molar-refractivity contribution in [3.63, 3.8) is 0 Å². The van der Waals surface area contributed by atoms with Crippen LogP contribution in [-0.2, 0) is 10.1 Å². The predicted molar refractivity (Wildman–Crippen MR) is 123 cm³/mol. The molecular weight excluding hydrogens is 407 g/mol. The van der Waals surface area contributed by atoms with Gasteiger partial charge in [-0.3, -0.25) is 0 Å². The minimum atomic E-state index is -4.28. The van der Waals surface area contributed by atoms with E-state index in [2.05, 4.69) is 6.92 Å². The Bertz CT molecular complexity index is 442. The maximum absolute atomic E-state index is 11.1. The Hall–Kier alpha value is 0.870. The summed E-state index contributed by atoms with van der Waals surface area (Å²) in [4.78, 5) is 0. The van der Waals surface area contributed by atoms with Crippen molar-refractivity contribution in [2.24, 2.45) is 0 Å². The van der Waals surface area contributed by atoms with Crippen LogP contribution in [0.2, 0.25) is 0 Å². The van der Waals surface area contributed by atoms with Gasteiger partial charge in [-0.05, 0) is 19.3 Å². The maximum atomic E-state index is 11.1. The molecule has 0 radical (unpaired) electrons. The topological polar surface area (TPSA) is 77.4 Å². The van der Waals surface area contributed by atoms with Gasteiger partial charge in [-0.25, -0.2) is 8.42 Å². The molecule has 4 nitrogen and oxygen atoms in total. The van der Waals surface area contributed by atoms with Crippen molar-refractivity contribution in [1.82, 2.24) is 0 Å². The molecule has 0 amide bonds. The van der Waals surface area contributed by atoms with Crippen LogP contribution in [0.1, 0.15) is 142 Å². The van der Waals surface area contributed by atoms with Crippen LogP contribution in [0.15, 0.2) is 0 Å². The molecule has 2 atom stereocenters. The first-order valence-corrected chi connectivity index (χ1v) is 14.0. The zero-order valence-corrected chi connectivity index (χ0v) is 23.2. The van der Waals surface area contributed by atoms with E-state index in [1.807, 2.05) is 0 Å². The smallest absolute Gasteiger partial charge is 0.748 e. The fourth-order valence-corrected chi connectivity index (χ4v) is 4.88. The molecule has 0 aliphatic heterocycles. The van der Waals surface area contributed by atoms with Gasteiger partial charge in [-0.2, -0.15) is 0 Å². The molecule has 6 heteroatoms. The molecule has 0 aliphatic carbocycles. The fourth-order valence-electron chi connectivity index (χ4n) is 4.01. The monoisotopic (exact) mass is 456 g/mol. The van der Waals surface area contributed by atoms with E-state index in [0.717, 1.165) is 12.8 Å². The van der Waals surface area contributed by atoms with Crippen LogP contribution in [0, 0.1) is 0 Å². The number of aliphatic hydroxyl groups is 1. The van der Waals surface area contributed by atoms with Gasteiger partial charge in [0, 0.05) is 0 Å². The predicted octanol–water partition coefficient (Wildman–Crippen LogP) is 4.11. The molecule has 0 fully saturated rings. The van der Waals surface area contributed by atoms with E-state index >= 15 is 0 Å². The molecule has 0 rings (SSSR count). The van der Waals surface area contributed by atoms with Crippen molar-refractivity contribution < 1.29 is 47.6 Å². The van der Waals surface area contributed by atoms with Crippen LogP contribution >= 0.6 is 0 Å².